The summed E-state index contributed by atoms with van der Waals surface area (Å²) >= 11 is 7.36. The second-order valence-electron chi connectivity index (χ2n) is 4.83. The van der Waals surface area contributed by atoms with E-state index in [2.05, 4.69) is 0 Å². The fourth-order valence-corrected chi connectivity index (χ4v) is 5.42. The Labute approximate surface area is 128 Å². The third-order valence-corrected chi connectivity index (χ3v) is 7.23. The second kappa shape index (κ2) is 6.22. The molecule has 20 heavy (non-hydrogen) atoms. The van der Waals surface area contributed by atoms with E-state index in [1.807, 2.05) is 13.8 Å². The van der Waals surface area contributed by atoms with Gasteiger partial charge in [-0.3, -0.25) is 0 Å². The zero-order chi connectivity index (χ0) is 14.9. The summed E-state index contributed by atoms with van der Waals surface area (Å²) in [6, 6.07) is 3.90. The van der Waals surface area contributed by atoms with Crippen LogP contribution in [0.2, 0.25) is 0 Å². The molecule has 0 bridgehead atoms. The quantitative estimate of drug-likeness (QED) is 0.795. The van der Waals surface area contributed by atoms with Crippen LogP contribution < -0.4 is 0 Å². The Balaban J connectivity index is 2.39. The highest BCUT2D eigenvalue weighted by molar-refractivity contribution is 8.00. The lowest BCUT2D eigenvalue weighted by atomic mass is 10.2. The van der Waals surface area contributed by atoms with Crippen molar-refractivity contribution in [3.05, 3.63) is 29.6 Å². The molecule has 1 aliphatic rings. The summed E-state index contributed by atoms with van der Waals surface area (Å²) in [5.41, 5.74) is 0.568. The van der Waals surface area contributed by atoms with Crippen LogP contribution in [0.25, 0.3) is 0 Å². The maximum Gasteiger partial charge on any atom is 0.246 e. The van der Waals surface area contributed by atoms with Crippen LogP contribution in [-0.2, 0) is 15.9 Å². The number of sulfonamides is 1. The lowest BCUT2D eigenvalue weighted by molar-refractivity contribution is 0.338. The minimum Gasteiger partial charge on any atom is -0.207 e. The Morgan fingerprint density at radius 2 is 2.15 bits per heavy atom. The first-order chi connectivity index (χ1) is 9.37. The van der Waals surface area contributed by atoms with E-state index in [0.29, 0.717) is 12.1 Å². The summed E-state index contributed by atoms with van der Waals surface area (Å²) in [6.07, 6.45) is 0. The highest BCUT2D eigenvalue weighted by atomic mass is 35.5. The van der Waals surface area contributed by atoms with Crippen molar-refractivity contribution in [3.8, 4) is 0 Å². The molecule has 0 saturated carbocycles. The fraction of sp³-hybridized carbons (Fsp3) is 0.538. The molecule has 0 aromatic heterocycles. The van der Waals surface area contributed by atoms with Gasteiger partial charge in [0.2, 0.25) is 10.0 Å². The number of halogens is 2. The van der Waals surface area contributed by atoms with Crippen molar-refractivity contribution >= 4 is 33.4 Å². The smallest absolute Gasteiger partial charge is 0.207 e. The van der Waals surface area contributed by atoms with E-state index in [1.54, 1.807) is 17.8 Å². The zero-order valence-corrected chi connectivity index (χ0v) is 13.7. The van der Waals surface area contributed by atoms with Gasteiger partial charge in [0, 0.05) is 29.5 Å². The highest BCUT2D eigenvalue weighted by Gasteiger charge is 2.36. The predicted molar refractivity (Wildman–Crippen MR) is 81.2 cm³/mol. The largest absolute Gasteiger partial charge is 0.246 e. The van der Waals surface area contributed by atoms with Crippen LogP contribution in [0.15, 0.2) is 23.1 Å². The van der Waals surface area contributed by atoms with E-state index in [1.165, 1.54) is 16.4 Å². The molecule has 1 fully saturated rings. The van der Waals surface area contributed by atoms with Gasteiger partial charge in [0.1, 0.15) is 10.7 Å². The molecule has 1 aromatic carbocycles. The molecule has 0 spiro atoms. The lowest BCUT2D eigenvalue weighted by Crippen LogP contribution is -2.48. The number of thioether (sulfide) groups is 1. The molecular formula is C13H17ClFNO2S2. The molecule has 0 N–H and O–H groups in total. The number of alkyl halides is 1. The van der Waals surface area contributed by atoms with Crippen molar-refractivity contribution in [1.29, 1.82) is 0 Å². The standard InChI is InChI=1S/C13H17ClFNO2S2/c1-9-10(2)19-6-5-16(9)20(17,18)13-4-3-11(8-14)7-12(13)15/h3-4,7,9-10H,5-6,8H2,1-2H3. The van der Waals surface area contributed by atoms with Crippen LogP contribution in [0.5, 0.6) is 0 Å². The summed E-state index contributed by atoms with van der Waals surface area (Å²) in [5.74, 6) is 0.151. The van der Waals surface area contributed by atoms with E-state index >= 15 is 0 Å². The first-order valence-corrected chi connectivity index (χ1v) is 9.38. The van der Waals surface area contributed by atoms with Crippen LogP contribution in [0.1, 0.15) is 19.4 Å². The summed E-state index contributed by atoms with van der Waals surface area (Å²) in [6.45, 7) is 4.26. The first kappa shape index (κ1) is 16.1. The number of hydrogen-bond donors (Lipinski definition) is 0. The summed E-state index contributed by atoms with van der Waals surface area (Å²) in [4.78, 5) is -0.266. The molecule has 0 amide bonds. The Kier molecular flexibility index (Phi) is 5.00. The van der Waals surface area contributed by atoms with E-state index in [9.17, 15) is 12.8 Å². The summed E-state index contributed by atoms with van der Waals surface area (Å²) in [5, 5.41) is 0.198. The topological polar surface area (TPSA) is 37.4 Å². The third kappa shape index (κ3) is 2.98. The SMILES string of the molecule is CC1SCCN(S(=O)(=O)c2ccc(CCl)cc2F)C1C. The van der Waals surface area contributed by atoms with Gasteiger partial charge >= 0.3 is 0 Å². The molecule has 2 unspecified atom stereocenters. The molecule has 1 saturated heterocycles. The van der Waals surface area contributed by atoms with E-state index in [-0.39, 0.29) is 22.1 Å². The zero-order valence-electron chi connectivity index (χ0n) is 11.3. The molecule has 1 aromatic rings. The van der Waals surface area contributed by atoms with Crippen molar-refractivity contribution in [2.24, 2.45) is 0 Å². The average Bonchev–Trinajstić information content (AvgIpc) is 2.41. The maximum absolute atomic E-state index is 14.0. The molecule has 2 rings (SSSR count). The Hall–Kier alpha value is -0.300. The molecule has 1 aliphatic heterocycles. The number of rotatable bonds is 3. The monoisotopic (exact) mass is 337 g/mol. The van der Waals surface area contributed by atoms with Gasteiger partial charge in [-0.25, -0.2) is 12.8 Å². The van der Waals surface area contributed by atoms with Crippen molar-refractivity contribution < 1.29 is 12.8 Å². The molecule has 2 atom stereocenters. The van der Waals surface area contributed by atoms with E-state index < -0.39 is 15.8 Å². The summed E-state index contributed by atoms with van der Waals surface area (Å²) < 4.78 is 40.7. The van der Waals surface area contributed by atoms with Crippen LogP contribution in [0.4, 0.5) is 4.39 Å². The molecule has 3 nitrogen and oxygen atoms in total. The van der Waals surface area contributed by atoms with Crippen LogP contribution >= 0.6 is 23.4 Å². The second-order valence-corrected chi connectivity index (χ2v) is 8.44. The van der Waals surface area contributed by atoms with Crippen LogP contribution in [0.3, 0.4) is 0 Å². The normalized spacial score (nSPS) is 24.8. The lowest BCUT2D eigenvalue weighted by Gasteiger charge is -2.36. The minimum atomic E-state index is -3.80. The number of hydrogen-bond acceptors (Lipinski definition) is 3. The van der Waals surface area contributed by atoms with Crippen LogP contribution in [-0.4, -0.2) is 36.3 Å². The maximum atomic E-state index is 14.0. The van der Waals surface area contributed by atoms with Gasteiger partial charge in [-0.05, 0) is 24.6 Å². The van der Waals surface area contributed by atoms with Gasteiger partial charge in [0.15, 0.2) is 0 Å². The van der Waals surface area contributed by atoms with Crippen molar-refractivity contribution in [2.75, 3.05) is 12.3 Å². The van der Waals surface area contributed by atoms with Crippen molar-refractivity contribution in [1.82, 2.24) is 4.31 Å². The van der Waals surface area contributed by atoms with Gasteiger partial charge in [0.25, 0.3) is 0 Å². The highest BCUT2D eigenvalue weighted by Crippen LogP contribution is 2.30. The molecular weight excluding hydrogens is 321 g/mol. The first-order valence-electron chi connectivity index (χ1n) is 6.35. The minimum absolute atomic E-state index is 0.147. The fourth-order valence-electron chi connectivity index (χ4n) is 2.21. The van der Waals surface area contributed by atoms with E-state index in [0.717, 1.165) is 5.75 Å². The van der Waals surface area contributed by atoms with Gasteiger partial charge in [-0.2, -0.15) is 16.1 Å². The average molecular weight is 338 g/mol. The van der Waals surface area contributed by atoms with Crippen molar-refractivity contribution in [2.45, 2.75) is 35.9 Å². The molecule has 112 valence electrons. The molecule has 0 aliphatic carbocycles. The van der Waals surface area contributed by atoms with Gasteiger partial charge in [0.05, 0.1) is 0 Å². The Bertz CT molecular complexity index is 594. The molecule has 1 heterocycles. The third-order valence-electron chi connectivity index (χ3n) is 3.56. The van der Waals surface area contributed by atoms with E-state index in [4.69, 9.17) is 11.6 Å². The van der Waals surface area contributed by atoms with Gasteiger partial charge in [-0.1, -0.05) is 13.0 Å². The Morgan fingerprint density at radius 3 is 2.75 bits per heavy atom. The molecule has 7 heteroatoms. The number of nitrogens with zero attached hydrogens (tertiary/aromatic N) is 1. The van der Waals surface area contributed by atoms with Crippen molar-refractivity contribution in [3.63, 3.8) is 0 Å². The molecule has 0 radical (unpaired) electrons. The van der Waals surface area contributed by atoms with Crippen LogP contribution in [0, 0.1) is 5.82 Å². The number of benzene rings is 1. The predicted octanol–water partition coefficient (Wildman–Crippen LogP) is 3.08. The van der Waals surface area contributed by atoms with Gasteiger partial charge < -0.3 is 0 Å². The summed E-state index contributed by atoms with van der Waals surface area (Å²) in [7, 11) is -3.80. The Morgan fingerprint density at radius 1 is 1.45 bits per heavy atom. The van der Waals surface area contributed by atoms with Gasteiger partial charge in [-0.15, -0.1) is 11.6 Å².